The lowest BCUT2D eigenvalue weighted by Gasteiger charge is -2.12. The Morgan fingerprint density at radius 3 is 2.94 bits per heavy atom. The van der Waals surface area contributed by atoms with Crippen molar-refractivity contribution in [2.45, 2.75) is 25.8 Å². The van der Waals surface area contributed by atoms with E-state index < -0.39 is 0 Å². The molecule has 0 aromatic carbocycles. The number of imidazole rings is 1. The van der Waals surface area contributed by atoms with E-state index in [0.717, 1.165) is 30.1 Å². The highest BCUT2D eigenvalue weighted by atomic mass is 16.5. The van der Waals surface area contributed by atoms with Crippen LogP contribution in [0, 0.1) is 0 Å². The molecule has 1 amide bonds. The molecule has 0 fully saturated rings. The summed E-state index contributed by atoms with van der Waals surface area (Å²) < 4.78 is 8.93. The molecule has 1 aliphatic rings. The molecule has 0 aliphatic carbocycles. The molecular formula is C21H20N8O2. The minimum Gasteiger partial charge on any atom is -0.479 e. The van der Waals surface area contributed by atoms with Crippen LogP contribution < -0.4 is 10.1 Å². The molecule has 1 atom stereocenters. The summed E-state index contributed by atoms with van der Waals surface area (Å²) in [4.78, 5) is 30.3. The van der Waals surface area contributed by atoms with E-state index in [1.54, 1.807) is 30.9 Å². The monoisotopic (exact) mass is 416 g/mol. The van der Waals surface area contributed by atoms with Gasteiger partial charge in [-0.3, -0.25) is 9.78 Å². The van der Waals surface area contributed by atoms with Crippen molar-refractivity contribution in [3.05, 3.63) is 60.6 Å². The predicted octanol–water partition coefficient (Wildman–Crippen LogP) is 2.69. The first-order valence-corrected chi connectivity index (χ1v) is 9.89. The topological polar surface area (TPSA) is 113 Å². The van der Waals surface area contributed by atoms with Crippen molar-refractivity contribution in [2.24, 2.45) is 0 Å². The van der Waals surface area contributed by atoms with E-state index in [1.165, 1.54) is 11.8 Å². The minimum absolute atomic E-state index is 0.182. The molecule has 5 heterocycles. The van der Waals surface area contributed by atoms with Gasteiger partial charge in [-0.25, -0.2) is 19.6 Å². The third kappa shape index (κ3) is 3.41. The van der Waals surface area contributed by atoms with E-state index in [4.69, 9.17) is 4.74 Å². The molecule has 4 aromatic heterocycles. The van der Waals surface area contributed by atoms with Crippen molar-refractivity contribution in [3.63, 3.8) is 0 Å². The van der Waals surface area contributed by atoms with Crippen molar-refractivity contribution in [1.82, 2.24) is 34.3 Å². The van der Waals surface area contributed by atoms with Crippen LogP contribution in [-0.4, -0.2) is 47.3 Å². The fourth-order valence-electron chi connectivity index (χ4n) is 3.75. The molecule has 1 aliphatic heterocycles. The number of amides is 1. The van der Waals surface area contributed by atoms with Gasteiger partial charge in [0.1, 0.15) is 17.2 Å². The normalized spacial score (nSPS) is 15.0. The second-order valence-electron chi connectivity index (χ2n) is 7.24. The maximum Gasteiger partial charge on any atom is 0.263 e. The van der Waals surface area contributed by atoms with Crippen molar-refractivity contribution in [3.8, 4) is 23.1 Å². The number of hydrogen-bond acceptors (Lipinski definition) is 7. The zero-order chi connectivity index (χ0) is 21.4. The Bertz CT molecular complexity index is 1250. The van der Waals surface area contributed by atoms with Crippen molar-refractivity contribution in [1.29, 1.82) is 0 Å². The molecule has 4 aromatic rings. The SMILES string of the molecule is COc1nn(-c2cnccn2)cc1C(=O)Nc1cccc(-c2cnc3n2C(C)CC3)n1. The zero-order valence-corrected chi connectivity index (χ0v) is 17.1. The number of rotatable bonds is 5. The molecule has 5 rings (SSSR count). The van der Waals surface area contributed by atoms with Gasteiger partial charge in [0, 0.05) is 31.1 Å². The number of ether oxygens (including phenoxy) is 1. The highest BCUT2D eigenvalue weighted by Gasteiger charge is 2.24. The molecule has 31 heavy (non-hydrogen) atoms. The number of fused-ring (bicyclic) bond motifs is 1. The zero-order valence-electron chi connectivity index (χ0n) is 17.1. The summed E-state index contributed by atoms with van der Waals surface area (Å²) in [5, 5.41) is 7.10. The number of carbonyl (C=O) groups is 1. The van der Waals surface area contributed by atoms with Crippen LogP contribution in [-0.2, 0) is 6.42 Å². The number of anilines is 1. The molecule has 0 spiro atoms. The van der Waals surface area contributed by atoms with E-state index in [9.17, 15) is 4.79 Å². The average Bonchev–Trinajstić information content (AvgIpc) is 3.51. The first kappa shape index (κ1) is 18.9. The number of nitrogens with one attached hydrogen (secondary N) is 1. The summed E-state index contributed by atoms with van der Waals surface area (Å²) >= 11 is 0. The number of methoxy groups -OCH3 is 1. The van der Waals surface area contributed by atoms with E-state index in [-0.39, 0.29) is 17.4 Å². The summed E-state index contributed by atoms with van der Waals surface area (Å²) in [6.07, 6.45) is 10.1. The molecule has 10 nitrogen and oxygen atoms in total. The maximum atomic E-state index is 12.9. The third-order valence-electron chi connectivity index (χ3n) is 5.26. The second kappa shape index (κ2) is 7.63. The van der Waals surface area contributed by atoms with Gasteiger partial charge in [0.25, 0.3) is 5.91 Å². The number of aryl methyl sites for hydroxylation is 1. The van der Waals surface area contributed by atoms with Gasteiger partial charge < -0.3 is 14.6 Å². The quantitative estimate of drug-likeness (QED) is 0.532. The fraction of sp³-hybridized carbons (Fsp3) is 0.238. The molecule has 156 valence electrons. The van der Waals surface area contributed by atoms with Crippen LogP contribution in [0.1, 0.15) is 35.6 Å². The predicted molar refractivity (Wildman–Crippen MR) is 112 cm³/mol. The Morgan fingerprint density at radius 2 is 2.13 bits per heavy atom. The smallest absolute Gasteiger partial charge is 0.263 e. The molecule has 0 radical (unpaired) electrons. The first-order valence-electron chi connectivity index (χ1n) is 9.89. The third-order valence-corrected chi connectivity index (χ3v) is 5.26. The highest BCUT2D eigenvalue weighted by Crippen LogP contribution is 2.31. The highest BCUT2D eigenvalue weighted by molar-refractivity contribution is 6.05. The fourth-order valence-corrected chi connectivity index (χ4v) is 3.75. The Balaban J connectivity index is 1.42. The number of pyridine rings is 1. The Morgan fingerprint density at radius 1 is 1.23 bits per heavy atom. The van der Waals surface area contributed by atoms with Gasteiger partial charge in [0.15, 0.2) is 5.82 Å². The van der Waals surface area contributed by atoms with E-state index >= 15 is 0 Å². The van der Waals surface area contributed by atoms with Gasteiger partial charge in [-0.15, -0.1) is 5.10 Å². The van der Waals surface area contributed by atoms with E-state index in [1.807, 2.05) is 18.3 Å². The maximum absolute atomic E-state index is 12.9. The van der Waals surface area contributed by atoms with Crippen molar-refractivity contribution in [2.75, 3.05) is 12.4 Å². The number of hydrogen-bond donors (Lipinski definition) is 1. The van der Waals surface area contributed by atoms with Crippen molar-refractivity contribution < 1.29 is 9.53 Å². The van der Waals surface area contributed by atoms with Crippen LogP contribution in [0.2, 0.25) is 0 Å². The summed E-state index contributed by atoms with van der Waals surface area (Å²) in [5.41, 5.74) is 1.97. The second-order valence-corrected chi connectivity index (χ2v) is 7.24. The van der Waals surface area contributed by atoms with Gasteiger partial charge in [0.05, 0.1) is 30.9 Å². The molecule has 0 saturated carbocycles. The van der Waals surface area contributed by atoms with Crippen LogP contribution in [0.4, 0.5) is 5.82 Å². The molecule has 1 unspecified atom stereocenters. The minimum atomic E-state index is -0.386. The Hall–Kier alpha value is -4.08. The van der Waals surface area contributed by atoms with Crippen LogP contribution in [0.15, 0.2) is 49.2 Å². The van der Waals surface area contributed by atoms with Gasteiger partial charge in [-0.05, 0) is 25.5 Å². The standard InChI is InChI=1S/C21H20N8O2/c1-13-6-7-18-24-10-16(29(13)18)15-4-3-5-17(25-15)26-20(30)14-12-28(27-21(14)31-2)19-11-22-8-9-23-19/h3-5,8-13H,6-7H2,1-2H3,(H,25,26,30). The van der Waals surface area contributed by atoms with Gasteiger partial charge >= 0.3 is 0 Å². The number of carbonyl (C=O) groups excluding carboxylic acids is 1. The van der Waals surface area contributed by atoms with Crippen LogP contribution >= 0.6 is 0 Å². The molecule has 10 heteroatoms. The van der Waals surface area contributed by atoms with E-state index in [0.29, 0.717) is 17.7 Å². The lowest BCUT2D eigenvalue weighted by molar-refractivity contribution is 0.102. The molecule has 1 N–H and O–H groups in total. The lowest BCUT2D eigenvalue weighted by atomic mass is 10.2. The summed E-state index contributed by atoms with van der Waals surface area (Å²) in [5.74, 6) is 1.77. The molecule has 0 bridgehead atoms. The van der Waals surface area contributed by atoms with Gasteiger partial charge in [-0.1, -0.05) is 6.07 Å². The average molecular weight is 416 g/mol. The Labute approximate surface area is 178 Å². The van der Waals surface area contributed by atoms with Gasteiger partial charge in [-0.2, -0.15) is 0 Å². The summed E-state index contributed by atoms with van der Waals surface area (Å²) in [6, 6.07) is 5.89. The summed E-state index contributed by atoms with van der Waals surface area (Å²) in [7, 11) is 1.46. The Kier molecular flexibility index (Phi) is 4.66. The van der Waals surface area contributed by atoms with Crippen LogP contribution in [0.25, 0.3) is 17.2 Å². The van der Waals surface area contributed by atoms with Crippen LogP contribution in [0.3, 0.4) is 0 Å². The van der Waals surface area contributed by atoms with E-state index in [2.05, 4.69) is 41.8 Å². The number of aromatic nitrogens is 7. The first-order chi connectivity index (χ1) is 15.1. The van der Waals surface area contributed by atoms with Crippen molar-refractivity contribution >= 4 is 11.7 Å². The lowest BCUT2D eigenvalue weighted by Crippen LogP contribution is -2.13. The molecule has 0 saturated heterocycles. The largest absolute Gasteiger partial charge is 0.479 e. The number of nitrogens with zero attached hydrogens (tertiary/aromatic N) is 7. The summed E-state index contributed by atoms with van der Waals surface area (Å²) in [6.45, 7) is 2.17. The van der Waals surface area contributed by atoms with Gasteiger partial charge in [0.2, 0.25) is 5.88 Å². The van der Waals surface area contributed by atoms with Crippen LogP contribution in [0.5, 0.6) is 5.88 Å². The molecular weight excluding hydrogens is 396 g/mol.